The van der Waals surface area contributed by atoms with Crippen molar-refractivity contribution >= 4 is 0 Å². The van der Waals surface area contributed by atoms with Gasteiger partial charge >= 0.3 is 0 Å². The van der Waals surface area contributed by atoms with Gasteiger partial charge in [-0.2, -0.15) is 0 Å². The summed E-state index contributed by atoms with van der Waals surface area (Å²) in [5.41, 5.74) is 7.42. The lowest BCUT2D eigenvalue weighted by atomic mass is 9.95. The van der Waals surface area contributed by atoms with Crippen LogP contribution >= 0.6 is 0 Å². The Morgan fingerprint density at radius 2 is 2.11 bits per heavy atom. The summed E-state index contributed by atoms with van der Waals surface area (Å²) < 4.78 is 5.19. The second-order valence-corrected chi connectivity index (χ2v) is 5.82. The quantitative estimate of drug-likeness (QED) is 0.585. The van der Waals surface area contributed by atoms with Crippen LogP contribution in [0.15, 0.2) is 18.2 Å². The number of hydrogen-bond acceptors (Lipinski definition) is 3. The Labute approximate surface area is 116 Å². The molecule has 3 heteroatoms. The Kier molecular flexibility index (Phi) is 5.37. The molecule has 0 aromatic heterocycles. The molecule has 2 unspecified atom stereocenters. The zero-order valence-corrected chi connectivity index (χ0v) is 12.1. The largest absolute Gasteiger partial charge is 0.384 e. The molecule has 1 aliphatic rings. The molecule has 2 rings (SSSR count). The summed E-state index contributed by atoms with van der Waals surface area (Å²) in [5.74, 6) is 6.22. The van der Waals surface area contributed by atoms with Crippen molar-refractivity contribution in [3.05, 3.63) is 34.9 Å². The molecule has 0 saturated heterocycles. The van der Waals surface area contributed by atoms with Gasteiger partial charge in [0, 0.05) is 19.8 Å². The molecule has 106 valence electrons. The smallest absolute Gasteiger partial charge is 0.0488 e. The molecule has 1 aromatic rings. The number of benzene rings is 1. The Morgan fingerprint density at radius 3 is 2.84 bits per heavy atom. The normalized spacial score (nSPS) is 17.2. The Hall–Kier alpha value is -0.900. The molecule has 3 nitrogen and oxygen atoms in total. The van der Waals surface area contributed by atoms with Gasteiger partial charge in [-0.05, 0) is 54.7 Å². The molecule has 0 amide bonds. The molecule has 0 bridgehead atoms. The number of aryl methyl sites for hydroxylation is 2. The van der Waals surface area contributed by atoms with Crippen molar-refractivity contribution in [1.29, 1.82) is 0 Å². The van der Waals surface area contributed by atoms with Crippen molar-refractivity contribution in [1.82, 2.24) is 5.43 Å². The molecule has 0 aliphatic heterocycles. The van der Waals surface area contributed by atoms with Crippen LogP contribution in [0.4, 0.5) is 0 Å². The summed E-state index contributed by atoms with van der Waals surface area (Å²) in [7, 11) is 1.75. The topological polar surface area (TPSA) is 47.3 Å². The molecule has 1 aliphatic carbocycles. The molecule has 1 aromatic carbocycles. The number of rotatable bonds is 7. The van der Waals surface area contributed by atoms with Gasteiger partial charge in [-0.15, -0.1) is 0 Å². The van der Waals surface area contributed by atoms with E-state index >= 15 is 0 Å². The minimum atomic E-state index is 0.324. The van der Waals surface area contributed by atoms with Gasteiger partial charge < -0.3 is 4.74 Å². The molecule has 3 N–H and O–H groups in total. The van der Waals surface area contributed by atoms with Gasteiger partial charge in [0.25, 0.3) is 0 Å². The Bertz CT molecular complexity index is 406. The van der Waals surface area contributed by atoms with Crippen molar-refractivity contribution < 1.29 is 4.74 Å². The summed E-state index contributed by atoms with van der Waals surface area (Å²) in [6.45, 7) is 3.00. The molecular formula is C16H26N2O. The summed E-state index contributed by atoms with van der Waals surface area (Å²) >= 11 is 0. The predicted molar refractivity (Wildman–Crippen MR) is 78.9 cm³/mol. The molecule has 0 radical (unpaired) electrons. The monoisotopic (exact) mass is 262 g/mol. The molecule has 0 fully saturated rings. The van der Waals surface area contributed by atoms with E-state index in [1.807, 2.05) is 0 Å². The second kappa shape index (κ2) is 7.04. The van der Waals surface area contributed by atoms with Crippen LogP contribution in [0, 0.1) is 5.92 Å². The average Bonchev–Trinajstić information content (AvgIpc) is 2.85. The van der Waals surface area contributed by atoms with Gasteiger partial charge in [-0.1, -0.05) is 25.1 Å². The Balaban J connectivity index is 1.94. The van der Waals surface area contributed by atoms with Gasteiger partial charge in [0.05, 0.1) is 0 Å². The molecule has 19 heavy (non-hydrogen) atoms. The number of ether oxygens (including phenoxy) is 1. The van der Waals surface area contributed by atoms with Crippen LogP contribution in [-0.4, -0.2) is 19.8 Å². The van der Waals surface area contributed by atoms with E-state index in [-0.39, 0.29) is 0 Å². The minimum Gasteiger partial charge on any atom is -0.384 e. The van der Waals surface area contributed by atoms with Crippen molar-refractivity contribution in [2.45, 2.75) is 45.1 Å². The van der Waals surface area contributed by atoms with Gasteiger partial charge in [-0.25, -0.2) is 0 Å². The van der Waals surface area contributed by atoms with E-state index in [1.54, 1.807) is 12.7 Å². The maximum Gasteiger partial charge on any atom is 0.0488 e. The highest BCUT2D eigenvalue weighted by Gasteiger charge is 2.15. The van der Waals surface area contributed by atoms with Crippen LogP contribution in [-0.2, 0) is 24.0 Å². The van der Waals surface area contributed by atoms with E-state index in [4.69, 9.17) is 10.6 Å². The number of fused-ring (bicyclic) bond motifs is 1. The van der Waals surface area contributed by atoms with E-state index in [9.17, 15) is 0 Å². The van der Waals surface area contributed by atoms with Crippen LogP contribution in [0.25, 0.3) is 0 Å². The van der Waals surface area contributed by atoms with Crippen molar-refractivity contribution in [3.63, 3.8) is 0 Å². The van der Waals surface area contributed by atoms with Crippen LogP contribution in [0.3, 0.4) is 0 Å². The number of nitrogens with one attached hydrogen (secondary N) is 1. The van der Waals surface area contributed by atoms with E-state index in [1.165, 1.54) is 30.4 Å². The van der Waals surface area contributed by atoms with Crippen LogP contribution < -0.4 is 11.3 Å². The lowest BCUT2D eigenvalue weighted by Crippen LogP contribution is -2.38. The first-order valence-corrected chi connectivity index (χ1v) is 7.28. The first-order valence-electron chi connectivity index (χ1n) is 7.28. The van der Waals surface area contributed by atoms with Crippen molar-refractivity contribution in [2.24, 2.45) is 11.8 Å². The number of methoxy groups -OCH3 is 1. The third kappa shape index (κ3) is 4.03. The summed E-state index contributed by atoms with van der Waals surface area (Å²) in [6.07, 6.45) is 5.84. The van der Waals surface area contributed by atoms with E-state index in [0.29, 0.717) is 12.0 Å². The van der Waals surface area contributed by atoms with Gasteiger partial charge in [-0.3, -0.25) is 11.3 Å². The summed E-state index contributed by atoms with van der Waals surface area (Å²) in [6, 6.07) is 7.25. The van der Waals surface area contributed by atoms with Crippen LogP contribution in [0.1, 0.15) is 36.5 Å². The highest BCUT2D eigenvalue weighted by atomic mass is 16.5. The third-order valence-corrected chi connectivity index (χ3v) is 4.02. The van der Waals surface area contributed by atoms with Crippen molar-refractivity contribution in [3.8, 4) is 0 Å². The van der Waals surface area contributed by atoms with E-state index in [2.05, 4.69) is 30.5 Å². The maximum atomic E-state index is 5.69. The number of nitrogens with two attached hydrogens (primary N) is 1. The molecule has 2 atom stereocenters. The fourth-order valence-corrected chi connectivity index (χ4v) is 3.09. The lowest BCUT2D eigenvalue weighted by Gasteiger charge is -2.20. The van der Waals surface area contributed by atoms with E-state index < -0.39 is 0 Å². The second-order valence-electron chi connectivity index (χ2n) is 5.82. The lowest BCUT2D eigenvalue weighted by molar-refractivity contribution is 0.149. The first-order chi connectivity index (χ1) is 9.22. The fourth-order valence-electron chi connectivity index (χ4n) is 3.09. The van der Waals surface area contributed by atoms with Crippen LogP contribution in [0.5, 0.6) is 0 Å². The average molecular weight is 262 g/mol. The molecule has 0 heterocycles. The van der Waals surface area contributed by atoms with Gasteiger partial charge in [0.2, 0.25) is 0 Å². The maximum absolute atomic E-state index is 5.69. The number of hydrazine groups is 1. The van der Waals surface area contributed by atoms with Crippen molar-refractivity contribution in [2.75, 3.05) is 13.7 Å². The molecular weight excluding hydrogens is 236 g/mol. The fraction of sp³-hybridized carbons (Fsp3) is 0.625. The third-order valence-electron chi connectivity index (χ3n) is 4.02. The SMILES string of the molecule is COCC(C)CC(Cc1ccc2c(c1)CCC2)NN. The predicted octanol–water partition coefficient (Wildman–Crippen LogP) is 2.22. The highest BCUT2D eigenvalue weighted by Crippen LogP contribution is 2.23. The highest BCUT2D eigenvalue weighted by molar-refractivity contribution is 5.35. The molecule has 0 saturated carbocycles. The van der Waals surface area contributed by atoms with Gasteiger partial charge in [0.1, 0.15) is 0 Å². The van der Waals surface area contributed by atoms with Crippen LogP contribution in [0.2, 0.25) is 0 Å². The number of hydrogen-bond donors (Lipinski definition) is 2. The minimum absolute atomic E-state index is 0.324. The van der Waals surface area contributed by atoms with Gasteiger partial charge in [0.15, 0.2) is 0 Å². The zero-order chi connectivity index (χ0) is 13.7. The zero-order valence-electron chi connectivity index (χ0n) is 12.1. The standard InChI is InChI=1S/C16H26N2O/c1-12(11-19-2)8-16(18-17)10-13-6-7-14-4-3-5-15(14)9-13/h6-7,9,12,16,18H,3-5,8,10-11,17H2,1-2H3. The Morgan fingerprint density at radius 1 is 1.32 bits per heavy atom. The van der Waals surface area contributed by atoms with E-state index in [0.717, 1.165) is 19.4 Å². The first kappa shape index (κ1) is 14.5. The summed E-state index contributed by atoms with van der Waals surface area (Å²) in [4.78, 5) is 0. The summed E-state index contributed by atoms with van der Waals surface area (Å²) in [5, 5.41) is 0. The molecule has 0 spiro atoms.